The second-order valence-corrected chi connectivity index (χ2v) is 6.87. The highest BCUT2D eigenvalue weighted by atomic mass is 79.9. The number of amides is 1. The molecule has 28 heavy (non-hydrogen) atoms. The molecule has 0 atom stereocenters. The molecule has 0 saturated heterocycles. The monoisotopic (exact) mass is 437 g/mol. The minimum Gasteiger partial charge on any atom is -0.323 e. The molecule has 138 valence electrons. The van der Waals surface area contributed by atoms with E-state index in [4.69, 9.17) is 0 Å². The van der Waals surface area contributed by atoms with E-state index in [1.165, 1.54) is 12.1 Å². The first kappa shape index (κ1) is 17.8. The van der Waals surface area contributed by atoms with Crippen molar-refractivity contribution in [2.24, 2.45) is 0 Å². The number of H-pyrrole nitrogens is 1. The van der Waals surface area contributed by atoms with Crippen LogP contribution in [0.5, 0.6) is 0 Å². The molecule has 2 aromatic heterocycles. The minimum atomic E-state index is -0.541. The summed E-state index contributed by atoms with van der Waals surface area (Å²) in [5.74, 6) is -0.0637. The quantitative estimate of drug-likeness (QED) is 0.359. The minimum absolute atomic E-state index is 0.155. The van der Waals surface area contributed by atoms with Crippen LogP contribution in [0.25, 0.3) is 22.6 Å². The molecule has 0 aliphatic rings. The van der Waals surface area contributed by atoms with Crippen molar-refractivity contribution in [3.63, 3.8) is 0 Å². The largest absolute Gasteiger partial charge is 0.323 e. The van der Waals surface area contributed by atoms with Crippen LogP contribution in [0.1, 0.15) is 10.4 Å². The Balaban J connectivity index is 1.76. The Morgan fingerprint density at radius 1 is 1.14 bits per heavy atom. The first-order valence-electron chi connectivity index (χ1n) is 8.17. The maximum absolute atomic E-state index is 12.6. The first-order valence-corrected chi connectivity index (χ1v) is 8.96. The Kier molecular flexibility index (Phi) is 4.58. The number of non-ortho nitro benzene ring substituents is 1. The summed E-state index contributed by atoms with van der Waals surface area (Å²) in [6, 6.07) is 14.8. The number of nitro groups is 1. The molecule has 0 unspecified atom stereocenters. The molecule has 0 saturated carbocycles. The summed E-state index contributed by atoms with van der Waals surface area (Å²) in [7, 11) is 0. The number of benzene rings is 2. The SMILES string of the molecule is O=C(Nc1ccccc1)c1cc(-c2nc3cc(Br)cnc3[nH]2)cc([N+](=O)[O-])c1. The number of para-hydroxylation sites is 1. The molecule has 0 aliphatic heterocycles. The Morgan fingerprint density at radius 3 is 2.68 bits per heavy atom. The van der Waals surface area contributed by atoms with Crippen LogP contribution in [0.3, 0.4) is 0 Å². The first-order chi connectivity index (χ1) is 13.5. The van der Waals surface area contributed by atoms with Gasteiger partial charge in [0, 0.05) is 39.6 Å². The van der Waals surface area contributed by atoms with Crippen LogP contribution >= 0.6 is 15.9 Å². The van der Waals surface area contributed by atoms with Crippen molar-refractivity contribution in [1.29, 1.82) is 0 Å². The molecule has 9 heteroatoms. The number of pyridine rings is 1. The predicted molar refractivity (Wildman–Crippen MR) is 108 cm³/mol. The van der Waals surface area contributed by atoms with Crippen LogP contribution in [0.4, 0.5) is 11.4 Å². The third kappa shape index (κ3) is 3.60. The Morgan fingerprint density at radius 2 is 1.93 bits per heavy atom. The van der Waals surface area contributed by atoms with Gasteiger partial charge in [0.05, 0.1) is 4.92 Å². The molecule has 4 aromatic rings. The molecule has 1 amide bonds. The van der Waals surface area contributed by atoms with Gasteiger partial charge in [-0.05, 0) is 40.2 Å². The summed E-state index contributed by atoms with van der Waals surface area (Å²) in [5.41, 5.74) is 2.11. The molecular weight excluding hydrogens is 426 g/mol. The van der Waals surface area contributed by atoms with Gasteiger partial charge in [0.25, 0.3) is 11.6 Å². The van der Waals surface area contributed by atoms with E-state index in [0.29, 0.717) is 28.2 Å². The number of aromatic amines is 1. The van der Waals surface area contributed by atoms with Crippen LogP contribution in [0, 0.1) is 10.1 Å². The van der Waals surface area contributed by atoms with Gasteiger partial charge in [-0.2, -0.15) is 0 Å². The van der Waals surface area contributed by atoms with Gasteiger partial charge in [-0.25, -0.2) is 9.97 Å². The number of hydrogen-bond acceptors (Lipinski definition) is 5. The van der Waals surface area contributed by atoms with E-state index in [2.05, 4.69) is 36.2 Å². The molecular formula is C19H12BrN5O3. The summed E-state index contributed by atoms with van der Waals surface area (Å²) in [5, 5.41) is 14.1. The van der Waals surface area contributed by atoms with Crippen molar-refractivity contribution in [2.75, 3.05) is 5.32 Å². The molecule has 2 N–H and O–H groups in total. The highest BCUT2D eigenvalue weighted by Gasteiger charge is 2.17. The van der Waals surface area contributed by atoms with E-state index in [0.717, 1.165) is 4.47 Å². The average molecular weight is 438 g/mol. The Hall–Kier alpha value is -3.59. The number of nitrogens with one attached hydrogen (secondary N) is 2. The van der Waals surface area contributed by atoms with Gasteiger partial charge in [0.2, 0.25) is 0 Å². The number of rotatable bonds is 4. The van der Waals surface area contributed by atoms with Gasteiger partial charge >= 0.3 is 0 Å². The Bertz CT molecular complexity index is 1210. The summed E-state index contributed by atoms with van der Waals surface area (Å²) < 4.78 is 0.764. The molecule has 0 bridgehead atoms. The lowest BCUT2D eigenvalue weighted by Gasteiger charge is -2.06. The maximum Gasteiger partial charge on any atom is 0.270 e. The van der Waals surface area contributed by atoms with Crippen molar-refractivity contribution in [3.8, 4) is 11.4 Å². The lowest BCUT2D eigenvalue weighted by molar-refractivity contribution is -0.384. The summed E-state index contributed by atoms with van der Waals surface area (Å²) in [4.78, 5) is 35.1. The van der Waals surface area contributed by atoms with Crippen molar-refractivity contribution in [2.45, 2.75) is 0 Å². The summed E-state index contributed by atoms with van der Waals surface area (Å²) >= 11 is 3.33. The van der Waals surface area contributed by atoms with Gasteiger partial charge < -0.3 is 10.3 Å². The number of carbonyl (C=O) groups excluding carboxylic acids is 1. The fourth-order valence-electron chi connectivity index (χ4n) is 2.72. The third-order valence-electron chi connectivity index (χ3n) is 4.00. The van der Waals surface area contributed by atoms with Crippen LogP contribution in [0.15, 0.2) is 65.3 Å². The predicted octanol–water partition coefficient (Wildman–Crippen LogP) is 4.55. The lowest BCUT2D eigenvalue weighted by Crippen LogP contribution is -2.12. The van der Waals surface area contributed by atoms with E-state index in [9.17, 15) is 14.9 Å². The molecule has 4 rings (SSSR count). The molecule has 0 fully saturated rings. The van der Waals surface area contributed by atoms with Gasteiger partial charge in [-0.3, -0.25) is 14.9 Å². The molecule has 2 aromatic carbocycles. The van der Waals surface area contributed by atoms with E-state index >= 15 is 0 Å². The van der Waals surface area contributed by atoms with Crippen LogP contribution in [-0.2, 0) is 0 Å². The zero-order valence-corrected chi connectivity index (χ0v) is 15.8. The summed E-state index contributed by atoms with van der Waals surface area (Å²) in [6.45, 7) is 0. The molecule has 8 nitrogen and oxygen atoms in total. The summed E-state index contributed by atoms with van der Waals surface area (Å²) in [6.07, 6.45) is 1.62. The van der Waals surface area contributed by atoms with Crippen LogP contribution in [0.2, 0.25) is 0 Å². The molecule has 0 radical (unpaired) electrons. The number of aromatic nitrogens is 3. The van der Waals surface area contributed by atoms with Crippen molar-refractivity contribution in [1.82, 2.24) is 15.0 Å². The van der Waals surface area contributed by atoms with Gasteiger partial charge in [0.15, 0.2) is 5.65 Å². The average Bonchev–Trinajstić information content (AvgIpc) is 3.11. The fourth-order valence-corrected chi connectivity index (χ4v) is 3.04. The van der Waals surface area contributed by atoms with Crippen molar-refractivity contribution in [3.05, 3.63) is 80.9 Å². The van der Waals surface area contributed by atoms with Gasteiger partial charge in [-0.15, -0.1) is 0 Å². The van der Waals surface area contributed by atoms with E-state index in [1.54, 1.807) is 42.6 Å². The number of halogens is 1. The lowest BCUT2D eigenvalue weighted by atomic mass is 10.1. The van der Waals surface area contributed by atoms with Crippen molar-refractivity contribution < 1.29 is 9.72 Å². The Labute approximate surface area is 166 Å². The molecule has 0 aliphatic carbocycles. The number of carbonyl (C=O) groups is 1. The normalized spacial score (nSPS) is 10.8. The van der Waals surface area contributed by atoms with E-state index in [-0.39, 0.29) is 11.3 Å². The van der Waals surface area contributed by atoms with Gasteiger partial charge in [0.1, 0.15) is 11.3 Å². The molecule has 0 spiro atoms. The maximum atomic E-state index is 12.6. The number of nitro benzene ring substituents is 1. The van der Waals surface area contributed by atoms with Crippen LogP contribution in [-0.4, -0.2) is 25.8 Å². The van der Waals surface area contributed by atoms with E-state index < -0.39 is 10.8 Å². The highest BCUT2D eigenvalue weighted by molar-refractivity contribution is 9.10. The number of nitrogens with zero attached hydrogens (tertiary/aromatic N) is 3. The second kappa shape index (κ2) is 7.20. The van der Waals surface area contributed by atoms with Crippen molar-refractivity contribution >= 4 is 44.4 Å². The third-order valence-corrected chi connectivity index (χ3v) is 4.43. The zero-order chi connectivity index (χ0) is 19.7. The standard InChI is InChI=1S/C19H12BrN5O3/c20-13-9-16-18(21-10-13)24-17(23-16)11-6-12(8-15(7-11)25(27)28)19(26)22-14-4-2-1-3-5-14/h1-10H,(H,22,26)(H,21,23,24). The van der Waals surface area contributed by atoms with E-state index in [1.807, 2.05) is 6.07 Å². The molecule has 2 heterocycles. The smallest absolute Gasteiger partial charge is 0.270 e. The topological polar surface area (TPSA) is 114 Å². The number of imidazole rings is 1. The zero-order valence-electron chi connectivity index (χ0n) is 14.2. The van der Waals surface area contributed by atoms with Gasteiger partial charge in [-0.1, -0.05) is 18.2 Å². The van der Waals surface area contributed by atoms with Crippen LogP contribution < -0.4 is 5.32 Å². The highest BCUT2D eigenvalue weighted by Crippen LogP contribution is 2.27. The number of anilines is 1. The number of fused-ring (bicyclic) bond motifs is 1. The second-order valence-electron chi connectivity index (χ2n) is 5.95. The fraction of sp³-hybridized carbons (Fsp3) is 0. The number of hydrogen-bond donors (Lipinski definition) is 2.